The maximum atomic E-state index is 6.51. The summed E-state index contributed by atoms with van der Waals surface area (Å²) >= 11 is 0. The van der Waals surface area contributed by atoms with E-state index in [2.05, 4.69) is 37.9 Å². The van der Waals surface area contributed by atoms with Gasteiger partial charge in [0, 0.05) is 11.0 Å². The zero-order valence-electron chi connectivity index (χ0n) is 12.0. The van der Waals surface area contributed by atoms with Gasteiger partial charge in [-0.15, -0.1) is 0 Å². The monoisotopic (exact) mass is 258 g/mol. The van der Waals surface area contributed by atoms with E-state index in [4.69, 9.17) is 10.2 Å². The molecule has 0 atom stereocenters. The molecule has 0 amide bonds. The molecule has 0 aliphatic heterocycles. The molecule has 1 aromatic carbocycles. The number of oxazole rings is 1. The number of aromatic nitrogens is 1. The Morgan fingerprint density at radius 1 is 1.21 bits per heavy atom. The fraction of sp³-hybridized carbons (Fsp3) is 0.562. The van der Waals surface area contributed by atoms with Gasteiger partial charge in [-0.3, -0.25) is 0 Å². The van der Waals surface area contributed by atoms with Crippen molar-refractivity contribution in [2.45, 2.75) is 57.4 Å². The lowest BCUT2D eigenvalue weighted by Gasteiger charge is -2.23. The minimum atomic E-state index is -0.158. The van der Waals surface area contributed by atoms with Crippen LogP contribution in [0.3, 0.4) is 0 Å². The molecular formula is C16H22N2O. The number of fused-ring (bicyclic) bond motifs is 1. The lowest BCUT2D eigenvalue weighted by atomic mass is 9.89. The van der Waals surface area contributed by atoms with Crippen LogP contribution in [-0.4, -0.2) is 4.98 Å². The van der Waals surface area contributed by atoms with E-state index in [0.717, 1.165) is 29.8 Å². The van der Waals surface area contributed by atoms with Gasteiger partial charge in [0.15, 0.2) is 5.58 Å². The largest absolute Gasteiger partial charge is 0.440 e. The molecule has 19 heavy (non-hydrogen) atoms. The summed E-state index contributed by atoms with van der Waals surface area (Å²) in [4.78, 5) is 4.62. The summed E-state index contributed by atoms with van der Waals surface area (Å²) in [7, 11) is 0. The van der Waals surface area contributed by atoms with Crippen LogP contribution in [0.15, 0.2) is 22.6 Å². The summed E-state index contributed by atoms with van der Waals surface area (Å²) in [6.45, 7) is 6.33. The lowest BCUT2D eigenvalue weighted by molar-refractivity contribution is 0.411. The Balaban J connectivity index is 2.06. The van der Waals surface area contributed by atoms with E-state index >= 15 is 0 Å². The van der Waals surface area contributed by atoms with Gasteiger partial charge in [0.05, 0.1) is 0 Å². The average molecular weight is 258 g/mol. The second-order valence-corrected chi connectivity index (χ2v) is 6.81. The first-order chi connectivity index (χ1) is 8.88. The Morgan fingerprint density at radius 3 is 2.53 bits per heavy atom. The second-order valence-electron chi connectivity index (χ2n) is 6.81. The molecule has 1 heterocycles. The average Bonchev–Trinajstić information content (AvgIpc) is 2.93. The minimum Gasteiger partial charge on any atom is -0.440 e. The van der Waals surface area contributed by atoms with Gasteiger partial charge >= 0.3 is 0 Å². The predicted octanol–water partition coefficient (Wildman–Crippen LogP) is 3.85. The molecule has 2 N–H and O–H groups in total. The molecule has 0 saturated heterocycles. The number of hydrogen-bond donors (Lipinski definition) is 1. The van der Waals surface area contributed by atoms with E-state index in [-0.39, 0.29) is 11.0 Å². The molecule has 2 aromatic rings. The van der Waals surface area contributed by atoms with Crippen molar-refractivity contribution in [2.75, 3.05) is 0 Å². The smallest absolute Gasteiger partial charge is 0.200 e. The third-order valence-corrected chi connectivity index (χ3v) is 4.10. The minimum absolute atomic E-state index is 0.0626. The number of hydrogen-bond acceptors (Lipinski definition) is 3. The van der Waals surface area contributed by atoms with E-state index in [9.17, 15) is 0 Å². The first kappa shape index (κ1) is 12.7. The molecule has 1 fully saturated rings. The fourth-order valence-corrected chi connectivity index (χ4v) is 2.85. The Kier molecular flexibility index (Phi) is 2.72. The van der Waals surface area contributed by atoms with Gasteiger partial charge in [0.2, 0.25) is 5.89 Å². The van der Waals surface area contributed by atoms with Crippen LogP contribution in [-0.2, 0) is 11.0 Å². The molecule has 0 bridgehead atoms. The quantitative estimate of drug-likeness (QED) is 0.845. The lowest BCUT2D eigenvalue weighted by Crippen LogP contribution is -2.32. The van der Waals surface area contributed by atoms with Crippen molar-refractivity contribution in [3.63, 3.8) is 0 Å². The molecule has 0 spiro atoms. The van der Waals surface area contributed by atoms with Crippen molar-refractivity contribution >= 4 is 11.1 Å². The van der Waals surface area contributed by atoms with Gasteiger partial charge in [0.1, 0.15) is 5.52 Å². The van der Waals surface area contributed by atoms with Crippen molar-refractivity contribution < 1.29 is 4.42 Å². The van der Waals surface area contributed by atoms with Crippen LogP contribution >= 0.6 is 0 Å². The molecule has 102 valence electrons. The molecule has 3 nitrogen and oxygen atoms in total. The summed E-state index contributed by atoms with van der Waals surface area (Å²) in [6.07, 6.45) is 4.59. The normalized spacial score (nSPS) is 19.2. The molecule has 1 aromatic heterocycles. The summed E-state index contributed by atoms with van der Waals surface area (Å²) in [5.74, 6) is 0.789. The maximum absolute atomic E-state index is 6.51. The SMILES string of the molecule is CC(C)(C)c1nc2cc(C3(N)CCCC3)ccc2o1. The van der Waals surface area contributed by atoms with E-state index in [1.54, 1.807) is 0 Å². The summed E-state index contributed by atoms with van der Waals surface area (Å²) in [6, 6.07) is 6.23. The van der Waals surface area contributed by atoms with Gasteiger partial charge in [-0.05, 0) is 30.5 Å². The Bertz CT molecular complexity index is 601. The molecular weight excluding hydrogens is 236 g/mol. The highest BCUT2D eigenvalue weighted by Crippen LogP contribution is 2.37. The van der Waals surface area contributed by atoms with E-state index in [1.807, 2.05) is 6.07 Å². The van der Waals surface area contributed by atoms with Crippen LogP contribution in [0.2, 0.25) is 0 Å². The Labute approximate surface area is 114 Å². The third kappa shape index (κ3) is 2.16. The van der Waals surface area contributed by atoms with Crippen LogP contribution in [0.5, 0.6) is 0 Å². The van der Waals surface area contributed by atoms with Crippen LogP contribution in [0.1, 0.15) is 57.9 Å². The summed E-state index contributed by atoms with van der Waals surface area (Å²) in [5, 5.41) is 0. The highest BCUT2D eigenvalue weighted by atomic mass is 16.3. The van der Waals surface area contributed by atoms with E-state index < -0.39 is 0 Å². The van der Waals surface area contributed by atoms with Gasteiger partial charge in [-0.1, -0.05) is 39.7 Å². The Morgan fingerprint density at radius 2 is 1.89 bits per heavy atom. The van der Waals surface area contributed by atoms with E-state index in [1.165, 1.54) is 18.4 Å². The highest BCUT2D eigenvalue weighted by molar-refractivity contribution is 5.74. The summed E-state index contributed by atoms with van der Waals surface area (Å²) < 4.78 is 5.83. The van der Waals surface area contributed by atoms with Crippen LogP contribution in [0, 0.1) is 0 Å². The zero-order chi connectivity index (χ0) is 13.7. The molecule has 3 heteroatoms. The molecule has 3 rings (SSSR count). The third-order valence-electron chi connectivity index (χ3n) is 4.10. The number of rotatable bonds is 1. The van der Waals surface area contributed by atoms with Gasteiger partial charge in [0.25, 0.3) is 0 Å². The molecule has 1 aliphatic rings. The van der Waals surface area contributed by atoms with Gasteiger partial charge < -0.3 is 10.2 Å². The first-order valence-electron chi connectivity index (χ1n) is 7.09. The standard InChI is InChI=1S/C16H22N2O/c1-15(2,3)14-18-12-10-11(6-7-13(12)19-14)16(17)8-4-5-9-16/h6-7,10H,4-5,8-9,17H2,1-3H3. The van der Waals surface area contributed by atoms with Crippen LogP contribution in [0.25, 0.3) is 11.1 Å². The van der Waals surface area contributed by atoms with Crippen LogP contribution in [0.4, 0.5) is 0 Å². The van der Waals surface area contributed by atoms with Crippen molar-refractivity contribution in [3.8, 4) is 0 Å². The number of nitrogens with zero attached hydrogens (tertiary/aromatic N) is 1. The summed E-state index contributed by atoms with van der Waals surface area (Å²) in [5.41, 5.74) is 9.27. The second kappa shape index (κ2) is 4.07. The topological polar surface area (TPSA) is 52.0 Å². The van der Waals surface area contributed by atoms with Crippen molar-refractivity contribution in [1.82, 2.24) is 4.98 Å². The zero-order valence-corrected chi connectivity index (χ0v) is 12.0. The number of benzene rings is 1. The maximum Gasteiger partial charge on any atom is 0.200 e. The molecule has 1 saturated carbocycles. The van der Waals surface area contributed by atoms with Gasteiger partial charge in [-0.25, -0.2) is 4.98 Å². The number of nitrogens with two attached hydrogens (primary N) is 1. The predicted molar refractivity (Wildman–Crippen MR) is 77.0 cm³/mol. The highest BCUT2D eigenvalue weighted by Gasteiger charge is 2.31. The first-order valence-corrected chi connectivity index (χ1v) is 7.09. The molecule has 0 unspecified atom stereocenters. The van der Waals surface area contributed by atoms with Crippen molar-refractivity contribution in [3.05, 3.63) is 29.7 Å². The van der Waals surface area contributed by atoms with Gasteiger partial charge in [-0.2, -0.15) is 0 Å². The van der Waals surface area contributed by atoms with Crippen molar-refractivity contribution in [2.24, 2.45) is 5.73 Å². The Hall–Kier alpha value is -1.35. The van der Waals surface area contributed by atoms with E-state index in [0.29, 0.717) is 0 Å². The molecule has 0 radical (unpaired) electrons. The van der Waals surface area contributed by atoms with Crippen molar-refractivity contribution in [1.29, 1.82) is 0 Å². The molecule has 1 aliphatic carbocycles. The van der Waals surface area contributed by atoms with Crippen LogP contribution < -0.4 is 5.73 Å². The fourth-order valence-electron chi connectivity index (χ4n) is 2.85.